The zero-order chi connectivity index (χ0) is 19.7. The largest absolute Gasteiger partial charge is 0.348 e. The van der Waals surface area contributed by atoms with Crippen LogP contribution in [0.25, 0.3) is 0 Å². The first kappa shape index (κ1) is 18.5. The molecular weight excluding hydrogens is 346 g/mol. The predicted molar refractivity (Wildman–Crippen MR) is 112 cm³/mol. The average Bonchev–Trinajstić information content (AvgIpc) is 3.29. The quantitative estimate of drug-likeness (QED) is 0.702. The summed E-state index contributed by atoms with van der Waals surface area (Å²) >= 11 is 0. The van der Waals surface area contributed by atoms with Gasteiger partial charge in [-0.05, 0) is 49.1 Å². The smallest absolute Gasteiger partial charge is 0.253 e. The molecule has 1 atom stereocenters. The first-order chi connectivity index (χ1) is 13.5. The molecule has 1 amide bonds. The van der Waals surface area contributed by atoms with Gasteiger partial charge in [-0.2, -0.15) is 0 Å². The number of fused-ring (bicyclic) bond motifs is 1. The van der Waals surface area contributed by atoms with Crippen LogP contribution in [0.15, 0.2) is 54.6 Å². The van der Waals surface area contributed by atoms with Crippen LogP contribution in [0.2, 0.25) is 0 Å². The van der Waals surface area contributed by atoms with Gasteiger partial charge in [0.25, 0.3) is 5.91 Å². The standard InChI is InChI=1S/C24H27N3O/c1-16-11-23(18(3)27(16)17(2)20-7-5-4-6-8-20)24(28)26-13-19-9-10-21-14-25-15-22(21)12-19/h4-12,17,25H,13-15H2,1-3H3,(H,26,28). The highest BCUT2D eigenvalue weighted by Gasteiger charge is 2.19. The molecule has 3 aromatic rings. The highest BCUT2D eigenvalue weighted by Crippen LogP contribution is 2.25. The molecule has 2 N–H and O–H groups in total. The normalized spacial score (nSPS) is 14.0. The Morgan fingerprint density at radius 1 is 1.07 bits per heavy atom. The second-order valence-electron chi connectivity index (χ2n) is 7.63. The van der Waals surface area contributed by atoms with E-state index in [1.807, 2.05) is 19.1 Å². The Labute approximate surface area is 166 Å². The summed E-state index contributed by atoms with van der Waals surface area (Å²) in [6.45, 7) is 8.67. The molecule has 2 aromatic carbocycles. The molecule has 1 aliphatic rings. The third kappa shape index (κ3) is 3.48. The van der Waals surface area contributed by atoms with E-state index in [1.54, 1.807) is 0 Å². The van der Waals surface area contributed by atoms with Gasteiger partial charge in [-0.15, -0.1) is 0 Å². The van der Waals surface area contributed by atoms with E-state index >= 15 is 0 Å². The molecule has 0 aliphatic carbocycles. The molecular formula is C24H27N3O. The van der Waals surface area contributed by atoms with Crippen LogP contribution in [-0.4, -0.2) is 10.5 Å². The number of amides is 1. The van der Waals surface area contributed by atoms with Gasteiger partial charge < -0.3 is 15.2 Å². The second kappa shape index (κ2) is 7.64. The summed E-state index contributed by atoms with van der Waals surface area (Å²) in [5.41, 5.74) is 7.93. The van der Waals surface area contributed by atoms with Crippen molar-refractivity contribution in [3.63, 3.8) is 0 Å². The topological polar surface area (TPSA) is 46.1 Å². The molecule has 28 heavy (non-hydrogen) atoms. The van der Waals surface area contributed by atoms with Crippen molar-refractivity contribution in [3.05, 3.63) is 93.8 Å². The van der Waals surface area contributed by atoms with Gasteiger partial charge in [0, 0.05) is 31.0 Å². The minimum atomic E-state index is -0.0155. The highest BCUT2D eigenvalue weighted by atomic mass is 16.1. The zero-order valence-corrected chi connectivity index (χ0v) is 16.8. The van der Waals surface area contributed by atoms with E-state index in [4.69, 9.17) is 0 Å². The van der Waals surface area contributed by atoms with Crippen molar-refractivity contribution in [2.24, 2.45) is 0 Å². The lowest BCUT2D eigenvalue weighted by atomic mass is 10.1. The van der Waals surface area contributed by atoms with E-state index < -0.39 is 0 Å². The lowest BCUT2D eigenvalue weighted by molar-refractivity contribution is 0.0950. The predicted octanol–water partition coefficient (Wildman–Crippen LogP) is 4.25. The van der Waals surface area contributed by atoms with Crippen LogP contribution in [0.1, 0.15) is 57.0 Å². The Bertz CT molecular complexity index is 1000. The van der Waals surface area contributed by atoms with Gasteiger partial charge in [-0.3, -0.25) is 4.79 Å². The van der Waals surface area contributed by atoms with Gasteiger partial charge in [0.15, 0.2) is 0 Å². The van der Waals surface area contributed by atoms with Gasteiger partial charge in [0.05, 0.1) is 11.6 Å². The minimum absolute atomic E-state index is 0.0155. The maximum absolute atomic E-state index is 12.9. The molecule has 4 heteroatoms. The van der Waals surface area contributed by atoms with Crippen molar-refractivity contribution in [1.82, 2.24) is 15.2 Å². The van der Waals surface area contributed by atoms with Crippen LogP contribution in [0.5, 0.6) is 0 Å². The fraction of sp³-hybridized carbons (Fsp3) is 0.292. The number of nitrogens with one attached hydrogen (secondary N) is 2. The Balaban J connectivity index is 1.50. The van der Waals surface area contributed by atoms with Crippen molar-refractivity contribution >= 4 is 5.91 Å². The summed E-state index contributed by atoms with van der Waals surface area (Å²) in [5, 5.41) is 6.45. The molecule has 0 saturated heterocycles. The van der Waals surface area contributed by atoms with Crippen LogP contribution in [0.3, 0.4) is 0 Å². The molecule has 144 valence electrons. The zero-order valence-electron chi connectivity index (χ0n) is 16.8. The van der Waals surface area contributed by atoms with Crippen molar-refractivity contribution in [1.29, 1.82) is 0 Å². The number of benzene rings is 2. The van der Waals surface area contributed by atoms with E-state index in [0.717, 1.165) is 35.6 Å². The molecule has 1 unspecified atom stereocenters. The van der Waals surface area contributed by atoms with Crippen LogP contribution < -0.4 is 10.6 Å². The second-order valence-corrected chi connectivity index (χ2v) is 7.63. The van der Waals surface area contributed by atoms with E-state index in [0.29, 0.717) is 6.54 Å². The molecule has 1 aliphatic heterocycles. The summed E-state index contributed by atoms with van der Waals surface area (Å²) in [6.07, 6.45) is 0. The van der Waals surface area contributed by atoms with E-state index in [-0.39, 0.29) is 11.9 Å². The highest BCUT2D eigenvalue weighted by molar-refractivity contribution is 5.95. The summed E-state index contributed by atoms with van der Waals surface area (Å²) < 4.78 is 2.24. The average molecular weight is 374 g/mol. The number of hydrogen-bond acceptors (Lipinski definition) is 2. The summed E-state index contributed by atoms with van der Waals surface area (Å²) in [4.78, 5) is 12.9. The summed E-state index contributed by atoms with van der Waals surface area (Å²) in [5.74, 6) is -0.0155. The van der Waals surface area contributed by atoms with Crippen molar-refractivity contribution in [2.75, 3.05) is 0 Å². The molecule has 0 radical (unpaired) electrons. The van der Waals surface area contributed by atoms with Gasteiger partial charge in [0.1, 0.15) is 0 Å². The van der Waals surface area contributed by atoms with Gasteiger partial charge in [-0.1, -0.05) is 48.5 Å². The van der Waals surface area contributed by atoms with E-state index in [1.165, 1.54) is 16.7 Å². The number of rotatable bonds is 5. The van der Waals surface area contributed by atoms with Gasteiger partial charge >= 0.3 is 0 Å². The van der Waals surface area contributed by atoms with Crippen molar-refractivity contribution in [3.8, 4) is 0 Å². The molecule has 1 aromatic heterocycles. The number of hydrogen-bond donors (Lipinski definition) is 2. The lowest BCUT2D eigenvalue weighted by Crippen LogP contribution is -2.23. The molecule has 4 rings (SSSR count). The molecule has 0 spiro atoms. The Morgan fingerprint density at radius 3 is 2.61 bits per heavy atom. The SMILES string of the molecule is Cc1cc(C(=O)NCc2ccc3c(c2)CNC3)c(C)n1C(C)c1ccccc1. The number of carbonyl (C=O) groups is 1. The molecule has 0 fully saturated rings. The third-order valence-corrected chi connectivity index (χ3v) is 5.75. The molecule has 0 saturated carbocycles. The third-order valence-electron chi connectivity index (χ3n) is 5.75. The molecule has 0 bridgehead atoms. The monoisotopic (exact) mass is 373 g/mol. The van der Waals surface area contributed by atoms with Crippen LogP contribution in [0, 0.1) is 13.8 Å². The summed E-state index contributed by atoms with van der Waals surface area (Å²) in [6, 6.07) is 19.0. The van der Waals surface area contributed by atoms with Crippen LogP contribution >= 0.6 is 0 Å². The van der Waals surface area contributed by atoms with Crippen molar-refractivity contribution in [2.45, 2.75) is 46.4 Å². The lowest BCUT2D eigenvalue weighted by Gasteiger charge is -2.19. The molecule has 4 nitrogen and oxygen atoms in total. The number of aryl methyl sites for hydroxylation is 1. The Hall–Kier alpha value is -2.85. The number of aromatic nitrogens is 1. The van der Waals surface area contributed by atoms with Crippen LogP contribution in [-0.2, 0) is 19.6 Å². The van der Waals surface area contributed by atoms with E-state index in [2.05, 4.69) is 71.5 Å². The van der Waals surface area contributed by atoms with Gasteiger partial charge in [0.2, 0.25) is 0 Å². The maximum atomic E-state index is 12.9. The molecule has 2 heterocycles. The first-order valence-corrected chi connectivity index (χ1v) is 9.87. The Kier molecular flexibility index (Phi) is 5.05. The maximum Gasteiger partial charge on any atom is 0.253 e. The first-order valence-electron chi connectivity index (χ1n) is 9.87. The van der Waals surface area contributed by atoms with Gasteiger partial charge in [-0.25, -0.2) is 0 Å². The summed E-state index contributed by atoms with van der Waals surface area (Å²) in [7, 11) is 0. The number of carbonyl (C=O) groups excluding carboxylic acids is 1. The minimum Gasteiger partial charge on any atom is -0.348 e. The fourth-order valence-electron chi connectivity index (χ4n) is 4.22. The van der Waals surface area contributed by atoms with Crippen LogP contribution in [0.4, 0.5) is 0 Å². The van der Waals surface area contributed by atoms with E-state index in [9.17, 15) is 4.79 Å². The van der Waals surface area contributed by atoms with Crippen molar-refractivity contribution < 1.29 is 4.79 Å². The Morgan fingerprint density at radius 2 is 1.82 bits per heavy atom. The number of nitrogens with zero attached hydrogens (tertiary/aromatic N) is 1. The fourth-order valence-corrected chi connectivity index (χ4v) is 4.22.